The molecule has 3 aliphatic rings. The van der Waals surface area contributed by atoms with E-state index in [0.29, 0.717) is 31.3 Å². The highest BCUT2D eigenvalue weighted by atomic mass is 16.4. The van der Waals surface area contributed by atoms with Gasteiger partial charge in [0.05, 0.1) is 5.92 Å². The highest BCUT2D eigenvalue weighted by molar-refractivity contribution is 5.84. The predicted octanol–water partition coefficient (Wildman–Crippen LogP) is 0.966. The number of amides is 1. The lowest BCUT2D eigenvalue weighted by Crippen LogP contribution is -2.32. The van der Waals surface area contributed by atoms with Crippen LogP contribution in [0.15, 0.2) is 0 Å². The molecule has 0 radical (unpaired) electrons. The quantitative estimate of drug-likeness (QED) is 0.758. The van der Waals surface area contributed by atoms with E-state index in [1.165, 1.54) is 19.3 Å². The summed E-state index contributed by atoms with van der Waals surface area (Å²) in [4.78, 5) is 24.7. The molecular formula is C12H17NO3. The molecule has 4 heteroatoms. The van der Waals surface area contributed by atoms with Crippen molar-refractivity contribution in [2.75, 3.05) is 13.1 Å². The molecular weight excluding hydrogens is 206 g/mol. The zero-order valence-corrected chi connectivity index (χ0v) is 9.26. The van der Waals surface area contributed by atoms with Gasteiger partial charge in [0, 0.05) is 19.0 Å². The number of aliphatic carboxylic acids is 1. The van der Waals surface area contributed by atoms with E-state index in [0.717, 1.165) is 0 Å². The van der Waals surface area contributed by atoms with Crippen LogP contribution in [0.2, 0.25) is 0 Å². The van der Waals surface area contributed by atoms with Crippen molar-refractivity contribution in [1.82, 2.24) is 4.90 Å². The van der Waals surface area contributed by atoms with Crippen molar-refractivity contribution < 1.29 is 14.7 Å². The summed E-state index contributed by atoms with van der Waals surface area (Å²) in [7, 11) is 0. The SMILES string of the molecule is O=C(O)C1CCN(C(=O)C2C3CCCC32)C1. The number of hydrogen-bond donors (Lipinski definition) is 1. The lowest BCUT2D eigenvalue weighted by molar-refractivity contribution is -0.141. The van der Waals surface area contributed by atoms with E-state index in [1.54, 1.807) is 4.90 Å². The summed E-state index contributed by atoms with van der Waals surface area (Å²) < 4.78 is 0. The van der Waals surface area contributed by atoms with E-state index in [9.17, 15) is 9.59 Å². The molecule has 88 valence electrons. The number of likely N-dealkylation sites (tertiary alicyclic amines) is 1. The topological polar surface area (TPSA) is 57.6 Å². The standard InChI is InChI=1S/C12H17NO3/c14-11(10-8-2-1-3-9(8)10)13-5-4-7(6-13)12(15)16/h7-10H,1-6H2,(H,15,16). The molecule has 1 heterocycles. The highest BCUT2D eigenvalue weighted by Gasteiger charge is 2.57. The molecule has 0 bridgehead atoms. The second-order valence-corrected chi connectivity index (χ2v) is 5.39. The van der Waals surface area contributed by atoms with Crippen LogP contribution in [0, 0.1) is 23.7 Å². The smallest absolute Gasteiger partial charge is 0.308 e. The summed E-state index contributed by atoms with van der Waals surface area (Å²) in [6.07, 6.45) is 4.31. The molecule has 4 nitrogen and oxygen atoms in total. The Morgan fingerprint density at radius 3 is 2.38 bits per heavy atom. The Balaban J connectivity index is 1.59. The zero-order chi connectivity index (χ0) is 11.3. The average molecular weight is 223 g/mol. The summed E-state index contributed by atoms with van der Waals surface area (Å²) in [6.45, 7) is 1.08. The van der Waals surface area contributed by atoms with Crippen molar-refractivity contribution in [3.05, 3.63) is 0 Å². The largest absolute Gasteiger partial charge is 0.481 e. The summed E-state index contributed by atoms with van der Waals surface area (Å²) in [5.74, 6) is 0.668. The Kier molecular flexibility index (Phi) is 2.19. The molecule has 3 unspecified atom stereocenters. The molecule has 16 heavy (non-hydrogen) atoms. The first-order valence-electron chi connectivity index (χ1n) is 6.20. The van der Waals surface area contributed by atoms with Gasteiger partial charge in [-0.1, -0.05) is 6.42 Å². The van der Waals surface area contributed by atoms with Gasteiger partial charge in [0.15, 0.2) is 0 Å². The van der Waals surface area contributed by atoms with E-state index >= 15 is 0 Å². The fourth-order valence-corrected chi connectivity index (χ4v) is 3.56. The number of rotatable bonds is 2. The van der Waals surface area contributed by atoms with Crippen LogP contribution in [0.1, 0.15) is 25.7 Å². The summed E-state index contributed by atoms with van der Waals surface area (Å²) in [6, 6.07) is 0. The Labute approximate surface area is 94.6 Å². The maximum Gasteiger partial charge on any atom is 0.308 e. The fraction of sp³-hybridized carbons (Fsp3) is 0.833. The second-order valence-electron chi connectivity index (χ2n) is 5.39. The predicted molar refractivity (Wildman–Crippen MR) is 56.6 cm³/mol. The third-order valence-corrected chi connectivity index (χ3v) is 4.54. The number of hydrogen-bond acceptors (Lipinski definition) is 2. The van der Waals surface area contributed by atoms with Crippen molar-refractivity contribution in [3.63, 3.8) is 0 Å². The van der Waals surface area contributed by atoms with Gasteiger partial charge in [-0.05, 0) is 31.1 Å². The molecule has 3 fully saturated rings. The van der Waals surface area contributed by atoms with Crippen LogP contribution < -0.4 is 0 Å². The molecule has 2 saturated carbocycles. The number of nitrogens with zero attached hydrogens (tertiary/aromatic N) is 1. The third-order valence-electron chi connectivity index (χ3n) is 4.54. The van der Waals surface area contributed by atoms with Gasteiger partial charge in [0.25, 0.3) is 0 Å². The number of fused-ring (bicyclic) bond motifs is 1. The first kappa shape index (κ1) is 10.1. The molecule has 3 atom stereocenters. The molecule has 0 spiro atoms. The van der Waals surface area contributed by atoms with Crippen LogP contribution in [-0.2, 0) is 9.59 Å². The van der Waals surface area contributed by atoms with E-state index in [-0.39, 0.29) is 17.7 Å². The van der Waals surface area contributed by atoms with Crippen LogP contribution in [0.25, 0.3) is 0 Å². The van der Waals surface area contributed by atoms with Crippen molar-refractivity contribution in [1.29, 1.82) is 0 Å². The Morgan fingerprint density at radius 2 is 1.81 bits per heavy atom. The number of carbonyl (C=O) groups excluding carboxylic acids is 1. The van der Waals surface area contributed by atoms with Crippen LogP contribution in [0.5, 0.6) is 0 Å². The first-order chi connectivity index (χ1) is 7.68. The van der Waals surface area contributed by atoms with Gasteiger partial charge in [-0.15, -0.1) is 0 Å². The number of carbonyl (C=O) groups is 2. The lowest BCUT2D eigenvalue weighted by atomic mass is 10.1. The minimum atomic E-state index is -0.758. The van der Waals surface area contributed by atoms with Crippen LogP contribution >= 0.6 is 0 Å². The van der Waals surface area contributed by atoms with Crippen LogP contribution in [-0.4, -0.2) is 35.0 Å². The van der Waals surface area contributed by atoms with Gasteiger partial charge in [0.2, 0.25) is 5.91 Å². The molecule has 3 rings (SSSR count). The molecule has 1 N–H and O–H groups in total. The van der Waals surface area contributed by atoms with Crippen LogP contribution in [0.3, 0.4) is 0 Å². The van der Waals surface area contributed by atoms with E-state index < -0.39 is 5.97 Å². The Bertz CT molecular complexity index is 331. The van der Waals surface area contributed by atoms with Gasteiger partial charge in [-0.2, -0.15) is 0 Å². The Morgan fingerprint density at radius 1 is 1.12 bits per heavy atom. The fourth-order valence-electron chi connectivity index (χ4n) is 3.56. The number of carboxylic acid groups (broad SMARTS) is 1. The maximum absolute atomic E-state index is 12.1. The maximum atomic E-state index is 12.1. The van der Waals surface area contributed by atoms with Crippen LogP contribution in [0.4, 0.5) is 0 Å². The minimum absolute atomic E-state index is 0.235. The second kappa shape index (κ2) is 3.47. The monoisotopic (exact) mass is 223 g/mol. The van der Waals surface area contributed by atoms with Gasteiger partial charge in [-0.3, -0.25) is 9.59 Å². The lowest BCUT2D eigenvalue weighted by Gasteiger charge is -2.16. The van der Waals surface area contributed by atoms with Gasteiger partial charge in [-0.25, -0.2) is 0 Å². The average Bonchev–Trinajstić information content (AvgIpc) is 2.74. The minimum Gasteiger partial charge on any atom is -0.481 e. The molecule has 0 aromatic rings. The van der Waals surface area contributed by atoms with Gasteiger partial charge in [0.1, 0.15) is 0 Å². The van der Waals surface area contributed by atoms with Crippen molar-refractivity contribution in [2.45, 2.75) is 25.7 Å². The number of carboxylic acids is 1. The third kappa shape index (κ3) is 1.43. The van der Waals surface area contributed by atoms with E-state index in [2.05, 4.69) is 0 Å². The van der Waals surface area contributed by atoms with Gasteiger partial charge >= 0.3 is 5.97 Å². The first-order valence-corrected chi connectivity index (χ1v) is 6.20. The Hall–Kier alpha value is -1.06. The van der Waals surface area contributed by atoms with Crippen molar-refractivity contribution in [2.24, 2.45) is 23.7 Å². The van der Waals surface area contributed by atoms with Crippen molar-refractivity contribution in [3.8, 4) is 0 Å². The molecule has 1 amide bonds. The highest BCUT2D eigenvalue weighted by Crippen LogP contribution is 2.58. The zero-order valence-electron chi connectivity index (χ0n) is 9.26. The molecule has 1 aliphatic heterocycles. The van der Waals surface area contributed by atoms with E-state index in [4.69, 9.17) is 5.11 Å². The summed E-state index contributed by atoms with van der Waals surface area (Å²) in [5, 5.41) is 8.89. The molecule has 0 aromatic heterocycles. The molecule has 0 aromatic carbocycles. The van der Waals surface area contributed by atoms with Gasteiger partial charge < -0.3 is 10.0 Å². The molecule has 1 saturated heterocycles. The van der Waals surface area contributed by atoms with E-state index in [1.807, 2.05) is 0 Å². The molecule has 2 aliphatic carbocycles. The summed E-state index contributed by atoms with van der Waals surface area (Å²) in [5.41, 5.74) is 0. The van der Waals surface area contributed by atoms with Crippen molar-refractivity contribution >= 4 is 11.9 Å². The normalized spacial score (nSPS) is 40.9. The summed E-state index contributed by atoms with van der Waals surface area (Å²) >= 11 is 0.